The molecule has 0 amide bonds. The predicted octanol–water partition coefficient (Wildman–Crippen LogP) is 1.73. The van der Waals surface area contributed by atoms with Crippen LogP contribution in [0.2, 0.25) is 0 Å². The number of rotatable bonds is 2. The highest BCUT2D eigenvalue weighted by Gasteiger charge is 1.98. The smallest absolute Gasteiger partial charge is 0.228 e. The average Bonchev–Trinajstić information content (AvgIpc) is 2.53. The lowest BCUT2D eigenvalue weighted by Gasteiger charge is -1.96. The molecular formula is C6H5N5S2. The van der Waals surface area contributed by atoms with Crippen LogP contribution < -0.4 is 5.32 Å². The van der Waals surface area contributed by atoms with Crippen molar-refractivity contribution >= 4 is 34.6 Å². The van der Waals surface area contributed by atoms with Gasteiger partial charge in [-0.15, -0.1) is 5.10 Å². The fraction of sp³-hybridized carbons (Fsp3) is 0. The Morgan fingerprint density at radius 1 is 1.38 bits per heavy atom. The molecule has 0 fully saturated rings. The molecule has 2 rings (SSSR count). The van der Waals surface area contributed by atoms with Crippen LogP contribution in [0.4, 0.5) is 11.1 Å². The summed E-state index contributed by atoms with van der Waals surface area (Å²) in [7, 11) is 0. The average molecular weight is 211 g/mol. The van der Waals surface area contributed by atoms with Crippen LogP contribution in [0, 0.1) is 3.95 Å². The lowest BCUT2D eigenvalue weighted by atomic mass is 10.7. The van der Waals surface area contributed by atoms with Crippen molar-refractivity contribution in [3.8, 4) is 0 Å². The SMILES string of the molecule is S=c1[nH]nc(Nc2ncccn2)s1. The Bertz CT molecular complexity index is 434. The Kier molecular flexibility index (Phi) is 2.28. The molecule has 0 aliphatic rings. The number of hydrogen-bond donors (Lipinski definition) is 2. The molecule has 2 aromatic rings. The van der Waals surface area contributed by atoms with Crippen molar-refractivity contribution in [1.29, 1.82) is 0 Å². The van der Waals surface area contributed by atoms with Crippen LogP contribution in [0.1, 0.15) is 0 Å². The normalized spacial score (nSPS) is 9.85. The summed E-state index contributed by atoms with van der Waals surface area (Å²) in [6, 6.07) is 1.75. The van der Waals surface area contributed by atoms with E-state index in [0.29, 0.717) is 15.0 Å². The Morgan fingerprint density at radius 3 is 2.77 bits per heavy atom. The second-order valence-electron chi connectivity index (χ2n) is 2.12. The Labute approximate surface area is 82.9 Å². The van der Waals surface area contributed by atoms with Gasteiger partial charge in [0.2, 0.25) is 11.1 Å². The molecule has 0 saturated heterocycles. The molecule has 0 aromatic carbocycles. The number of nitrogens with one attached hydrogen (secondary N) is 2. The van der Waals surface area contributed by atoms with Gasteiger partial charge in [0, 0.05) is 12.4 Å². The minimum atomic E-state index is 0.514. The molecule has 0 bridgehead atoms. The van der Waals surface area contributed by atoms with E-state index >= 15 is 0 Å². The molecule has 0 saturated carbocycles. The minimum Gasteiger partial charge on any atom is -0.299 e. The topological polar surface area (TPSA) is 66.5 Å². The van der Waals surface area contributed by atoms with Gasteiger partial charge in [0.05, 0.1) is 0 Å². The quantitative estimate of drug-likeness (QED) is 0.740. The van der Waals surface area contributed by atoms with Crippen molar-refractivity contribution in [3.05, 3.63) is 22.4 Å². The molecule has 2 N–H and O–H groups in total. The van der Waals surface area contributed by atoms with Gasteiger partial charge < -0.3 is 0 Å². The highest BCUT2D eigenvalue weighted by molar-refractivity contribution is 7.73. The first-order chi connectivity index (χ1) is 6.34. The van der Waals surface area contributed by atoms with Gasteiger partial charge in [-0.05, 0) is 18.3 Å². The standard InChI is InChI=1S/C6H5N5S2/c12-6-11-10-5(13-6)9-4-7-2-1-3-8-4/h1-3H,(H,11,12)(H,7,8,9,10). The van der Waals surface area contributed by atoms with Crippen molar-refractivity contribution < 1.29 is 0 Å². The first-order valence-corrected chi connectivity index (χ1v) is 4.66. The van der Waals surface area contributed by atoms with E-state index in [-0.39, 0.29) is 0 Å². The lowest BCUT2D eigenvalue weighted by Crippen LogP contribution is -1.94. The van der Waals surface area contributed by atoms with E-state index in [1.165, 1.54) is 11.3 Å². The molecule has 13 heavy (non-hydrogen) atoms. The summed E-state index contributed by atoms with van der Waals surface area (Å²) in [5.41, 5.74) is 0. The molecule has 0 aliphatic carbocycles. The van der Waals surface area contributed by atoms with Gasteiger partial charge in [-0.2, -0.15) is 0 Å². The molecule has 0 spiro atoms. The second kappa shape index (κ2) is 3.58. The zero-order valence-corrected chi connectivity index (χ0v) is 8.02. The van der Waals surface area contributed by atoms with E-state index in [9.17, 15) is 0 Å². The van der Waals surface area contributed by atoms with E-state index in [2.05, 4.69) is 25.5 Å². The Morgan fingerprint density at radius 2 is 2.15 bits per heavy atom. The van der Waals surface area contributed by atoms with Crippen molar-refractivity contribution in [2.45, 2.75) is 0 Å². The molecule has 2 aromatic heterocycles. The number of nitrogens with zero attached hydrogens (tertiary/aromatic N) is 3. The summed E-state index contributed by atoms with van der Waals surface area (Å²) >= 11 is 6.21. The third-order valence-electron chi connectivity index (χ3n) is 1.22. The number of aromatic amines is 1. The Balaban J connectivity index is 2.20. The fourth-order valence-corrected chi connectivity index (χ4v) is 1.53. The first-order valence-electron chi connectivity index (χ1n) is 3.44. The van der Waals surface area contributed by atoms with Gasteiger partial charge in [-0.1, -0.05) is 11.3 Å². The van der Waals surface area contributed by atoms with Gasteiger partial charge in [0.15, 0.2) is 3.95 Å². The summed E-state index contributed by atoms with van der Waals surface area (Å²) < 4.78 is 0.624. The highest BCUT2D eigenvalue weighted by Crippen LogP contribution is 2.14. The van der Waals surface area contributed by atoms with Crippen molar-refractivity contribution in [1.82, 2.24) is 20.2 Å². The third kappa shape index (κ3) is 2.07. The van der Waals surface area contributed by atoms with Crippen LogP contribution in [-0.2, 0) is 0 Å². The highest BCUT2D eigenvalue weighted by atomic mass is 32.1. The van der Waals surface area contributed by atoms with E-state index in [1.807, 2.05) is 0 Å². The maximum Gasteiger partial charge on any atom is 0.228 e. The molecular weight excluding hydrogens is 206 g/mol. The molecule has 5 nitrogen and oxygen atoms in total. The van der Waals surface area contributed by atoms with Gasteiger partial charge in [0.25, 0.3) is 0 Å². The molecule has 2 heterocycles. The maximum atomic E-state index is 4.87. The van der Waals surface area contributed by atoms with Gasteiger partial charge in [-0.3, -0.25) is 10.4 Å². The number of hydrogen-bond acceptors (Lipinski definition) is 6. The summed E-state index contributed by atoms with van der Waals surface area (Å²) in [5.74, 6) is 0.514. The summed E-state index contributed by atoms with van der Waals surface area (Å²) in [6.45, 7) is 0. The monoisotopic (exact) mass is 211 g/mol. The molecule has 0 atom stereocenters. The lowest BCUT2D eigenvalue weighted by molar-refractivity contribution is 1.07. The Hall–Kier alpha value is -1.34. The van der Waals surface area contributed by atoms with Crippen LogP contribution in [0.15, 0.2) is 18.5 Å². The third-order valence-corrected chi connectivity index (χ3v) is 2.23. The second-order valence-corrected chi connectivity index (χ2v) is 3.78. The van der Waals surface area contributed by atoms with Crippen molar-refractivity contribution in [2.75, 3.05) is 5.32 Å². The minimum absolute atomic E-state index is 0.514. The van der Waals surface area contributed by atoms with Gasteiger partial charge in [-0.25, -0.2) is 9.97 Å². The first kappa shape index (κ1) is 8.27. The van der Waals surface area contributed by atoms with E-state index in [0.717, 1.165) is 0 Å². The number of aromatic nitrogens is 4. The van der Waals surface area contributed by atoms with Crippen molar-refractivity contribution in [2.24, 2.45) is 0 Å². The fourth-order valence-electron chi connectivity index (χ4n) is 0.743. The molecule has 7 heteroatoms. The molecule has 66 valence electrons. The van der Waals surface area contributed by atoms with Crippen molar-refractivity contribution in [3.63, 3.8) is 0 Å². The van der Waals surface area contributed by atoms with Gasteiger partial charge in [0.1, 0.15) is 0 Å². The van der Waals surface area contributed by atoms with E-state index < -0.39 is 0 Å². The number of anilines is 2. The predicted molar refractivity (Wildman–Crippen MR) is 52.6 cm³/mol. The zero-order valence-electron chi connectivity index (χ0n) is 6.39. The summed E-state index contributed by atoms with van der Waals surface area (Å²) in [6.07, 6.45) is 3.31. The van der Waals surface area contributed by atoms with E-state index in [4.69, 9.17) is 12.2 Å². The van der Waals surface area contributed by atoms with Crippen LogP contribution >= 0.6 is 23.6 Å². The van der Waals surface area contributed by atoms with Crippen LogP contribution in [-0.4, -0.2) is 20.2 Å². The van der Waals surface area contributed by atoms with Crippen LogP contribution in [0.5, 0.6) is 0 Å². The maximum absolute atomic E-state index is 4.87. The number of H-pyrrole nitrogens is 1. The largest absolute Gasteiger partial charge is 0.299 e. The molecule has 0 aliphatic heterocycles. The van der Waals surface area contributed by atoms with Crippen LogP contribution in [0.3, 0.4) is 0 Å². The zero-order chi connectivity index (χ0) is 9.10. The van der Waals surface area contributed by atoms with Gasteiger partial charge >= 0.3 is 0 Å². The molecule has 0 unspecified atom stereocenters. The van der Waals surface area contributed by atoms with Crippen LogP contribution in [0.25, 0.3) is 0 Å². The summed E-state index contributed by atoms with van der Waals surface area (Å²) in [5, 5.41) is 10.1. The molecule has 0 radical (unpaired) electrons. The van der Waals surface area contributed by atoms with E-state index in [1.54, 1.807) is 18.5 Å². The summed E-state index contributed by atoms with van der Waals surface area (Å²) in [4.78, 5) is 7.96.